The SMILES string of the molecule is COC(=O)CNC(=O)N1CCc2[nH]cnc2[C@@H]1c1cc(OC)cc(OC)c1. The Morgan fingerprint density at radius 1 is 1.22 bits per heavy atom. The second-order valence-electron chi connectivity index (χ2n) is 5.99. The first-order chi connectivity index (χ1) is 13.1. The molecule has 27 heavy (non-hydrogen) atoms. The van der Waals surface area contributed by atoms with Gasteiger partial charge in [0.15, 0.2) is 0 Å². The van der Waals surface area contributed by atoms with Crippen molar-refractivity contribution in [1.82, 2.24) is 20.2 Å². The minimum absolute atomic E-state index is 0.201. The Hall–Kier alpha value is -3.23. The van der Waals surface area contributed by atoms with Crippen molar-refractivity contribution in [2.45, 2.75) is 12.5 Å². The first-order valence-corrected chi connectivity index (χ1v) is 8.43. The molecule has 2 amide bonds. The summed E-state index contributed by atoms with van der Waals surface area (Å²) in [5.74, 6) is 0.712. The summed E-state index contributed by atoms with van der Waals surface area (Å²) in [5.41, 5.74) is 2.52. The van der Waals surface area contributed by atoms with E-state index in [1.54, 1.807) is 31.5 Å². The topological polar surface area (TPSA) is 106 Å². The number of aromatic nitrogens is 2. The molecule has 0 saturated carbocycles. The molecule has 0 aliphatic carbocycles. The number of fused-ring (bicyclic) bond motifs is 1. The van der Waals surface area contributed by atoms with E-state index in [2.05, 4.69) is 20.0 Å². The Bertz CT molecular complexity index is 813. The lowest BCUT2D eigenvalue weighted by Gasteiger charge is -2.35. The van der Waals surface area contributed by atoms with Crippen molar-refractivity contribution in [3.63, 3.8) is 0 Å². The molecular weight excluding hydrogens is 352 g/mol. The van der Waals surface area contributed by atoms with Crippen LogP contribution in [0.1, 0.15) is 23.0 Å². The summed E-state index contributed by atoms with van der Waals surface area (Å²) in [5, 5.41) is 2.59. The summed E-state index contributed by atoms with van der Waals surface area (Å²) < 4.78 is 15.3. The highest BCUT2D eigenvalue weighted by molar-refractivity contribution is 5.81. The normalized spacial score (nSPS) is 15.7. The summed E-state index contributed by atoms with van der Waals surface area (Å²) >= 11 is 0. The van der Waals surface area contributed by atoms with Gasteiger partial charge in [0.25, 0.3) is 0 Å². The van der Waals surface area contributed by atoms with Gasteiger partial charge in [0.1, 0.15) is 24.1 Å². The monoisotopic (exact) mass is 374 g/mol. The van der Waals surface area contributed by atoms with Crippen molar-refractivity contribution in [2.75, 3.05) is 34.4 Å². The molecule has 1 aromatic carbocycles. The summed E-state index contributed by atoms with van der Waals surface area (Å²) in [4.78, 5) is 33.3. The van der Waals surface area contributed by atoms with Gasteiger partial charge >= 0.3 is 12.0 Å². The van der Waals surface area contributed by atoms with Crippen LogP contribution in [0, 0.1) is 0 Å². The minimum Gasteiger partial charge on any atom is -0.497 e. The molecular formula is C18H22N4O5. The van der Waals surface area contributed by atoms with Crippen molar-refractivity contribution in [3.05, 3.63) is 41.5 Å². The van der Waals surface area contributed by atoms with Crippen LogP contribution in [0.4, 0.5) is 4.79 Å². The number of ether oxygens (including phenoxy) is 3. The molecule has 0 unspecified atom stereocenters. The van der Waals surface area contributed by atoms with Crippen molar-refractivity contribution >= 4 is 12.0 Å². The lowest BCUT2D eigenvalue weighted by Crippen LogP contribution is -2.47. The fourth-order valence-electron chi connectivity index (χ4n) is 3.14. The molecule has 0 bridgehead atoms. The zero-order valence-electron chi connectivity index (χ0n) is 15.4. The molecule has 2 heterocycles. The molecule has 2 N–H and O–H groups in total. The van der Waals surface area contributed by atoms with Gasteiger partial charge in [-0.05, 0) is 17.7 Å². The maximum Gasteiger partial charge on any atom is 0.325 e. The number of nitrogens with zero attached hydrogens (tertiary/aromatic N) is 2. The number of aromatic amines is 1. The van der Waals surface area contributed by atoms with Crippen LogP contribution in [0.5, 0.6) is 11.5 Å². The van der Waals surface area contributed by atoms with Crippen LogP contribution in [0.15, 0.2) is 24.5 Å². The average Bonchev–Trinajstić information content (AvgIpc) is 3.19. The third-order valence-corrected chi connectivity index (χ3v) is 4.49. The van der Waals surface area contributed by atoms with Gasteiger partial charge in [-0.3, -0.25) is 4.79 Å². The first-order valence-electron chi connectivity index (χ1n) is 8.43. The molecule has 3 rings (SSSR count). The molecule has 0 fully saturated rings. The Morgan fingerprint density at radius 2 is 1.93 bits per heavy atom. The number of hydrogen-bond acceptors (Lipinski definition) is 6. The number of amides is 2. The van der Waals surface area contributed by atoms with Crippen molar-refractivity contribution in [1.29, 1.82) is 0 Å². The van der Waals surface area contributed by atoms with E-state index in [0.29, 0.717) is 24.5 Å². The number of carbonyl (C=O) groups excluding carboxylic acids is 2. The predicted molar refractivity (Wildman–Crippen MR) is 95.8 cm³/mol. The first kappa shape index (κ1) is 18.6. The Balaban J connectivity index is 1.97. The van der Waals surface area contributed by atoms with E-state index in [4.69, 9.17) is 9.47 Å². The largest absolute Gasteiger partial charge is 0.497 e. The van der Waals surface area contributed by atoms with Gasteiger partial charge in [0.2, 0.25) is 0 Å². The highest BCUT2D eigenvalue weighted by atomic mass is 16.5. The maximum absolute atomic E-state index is 12.7. The number of esters is 1. The average molecular weight is 374 g/mol. The van der Waals surface area contributed by atoms with E-state index < -0.39 is 12.0 Å². The number of rotatable bonds is 5. The Labute approximate surface area is 156 Å². The number of nitrogens with one attached hydrogen (secondary N) is 2. The van der Waals surface area contributed by atoms with Crippen LogP contribution < -0.4 is 14.8 Å². The summed E-state index contributed by atoms with van der Waals surface area (Å²) in [6.45, 7) is 0.264. The highest BCUT2D eigenvalue weighted by Gasteiger charge is 2.34. The van der Waals surface area contributed by atoms with Gasteiger partial charge in [-0.25, -0.2) is 9.78 Å². The maximum atomic E-state index is 12.7. The fraction of sp³-hybridized carbons (Fsp3) is 0.389. The van der Waals surface area contributed by atoms with Gasteiger partial charge < -0.3 is 29.4 Å². The summed E-state index contributed by atoms with van der Waals surface area (Å²) in [6, 6.07) is 4.64. The van der Waals surface area contributed by atoms with E-state index >= 15 is 0 Å². The molecule has 0 saturated heterocycles. The molecule has 1 aromatic heterocycles. The quantitative estimate of drug-likeness (QED) is 0.763. The van der Waals surface area contributed by atoms with E-state index in [-0.39, 0.29) is 12.6 Å². The second-order valence-corrected chi connectivity index (χ2v) is 5.99. The molecule has 2 aromatic rings. The smallest absolute Gasteiger partial charge is 0.325 e. The molecule has 144 valence electrons. The van der Waals surface area contributed by atoms with Gasteiger partial charge in [-0.15, -0.1) is 0 Å². The van der Waals surface area contributed by atoms with Crippen LogP contribution in [0.25, 0.3) is 0 Å². The number of benzene rings is 1. The standard InChI is InChI=1S/C18H22N4O5/c1-25-12-6-11(7-13(8-12)26-2)17-16-14(20-10-21-16)4-5-22(17)18(24)19-9-15(23)27-3/h6-8,10,17H,4-5,9H2,1-3H3,(H,19,24)(H,20,21)/t17-/m0/s1. The molecule has 1 aliphatic rings. The van der Waals surface area contributed by atoms with E-state index in [1.165, 1.54) is 7.11 Å². The molecule has 9 nitrogen and oxygen atoms in total. The molecule has 0 radical (unpaired) electrons. The number of urea groups is 1. The van der Waals surface area contributed by atoms with E-state index in [0.717, 1.165) is 17.0 Å². The van der Waals surface area contributed by atoms with Crippen LogP contribution in [0.3, 0.4) is 0 Å². The number of methoxy groups -OCH3 is 3. The van der Waals surface area contributed by atoms with Crippen molar-refractivity contribution < 1.29 is 23.8 Å². The second kappa shape index (κ2) is 7.98. The van der Waals surface area contributed by atoms with Gasteiger partial charge in [0.05, 0.1) is 33.4 Å². The number of imidazole rings is 1. The Kier molecular flexibility index (Phi) is 5.49. The van der Waals surface area contributed by atoms with Crippen LogP contribution in [-0.4, -0.2) is 61.3 Å². The van der Waals surface area contributed by atoms with Crippen LogP contribution in [0.2, 0.25) is 0 Å². The number of hydrogen-bond donors (Lipinski definition) is 2. The molecule has 1 atom stereocenters. The third kappa shape index (κ3) is 3.81. The molecule has 1 aliphatic heterocycles. The Morgan fingerprint density at radius 3 is 2.56 bits per heavy atom. The zero-order valence-corrected chi connectivity index (χ0v) is 15.4. The third-order valence-electron chi connectivity index (χ3n) is 4.49. The minimum atomic E-state index is -0.514. The van der Waals surface area contributed by atoms with Crippen LogP contribution in [-0.2, 0) is 16.0 Å². The fourth-order valence-corrected chi connectivity index (χ4v) is 3.14. The van der Waals surface area contributed by atoms with Gasteiger partial charge in [-0.1, -0.05) is 0 Å². The highest BCUT2D eigenvalue weighted by Crippen LogP contribution is 2.36. The summed E-state index contributed by atoms with van der Waals surface area (Å²) in [7, 11) is 4.41. The van der Waals surface area contributed by atoms with Crippen molar-refractivity contribution in [3.8, 4) is 11.5 Å². The predicted octanol–water partition coefficient (Wildman–Crippen LogP) is 1.26. The van der Waals surface area contributed by atoms with E-state index in [9.17, 15) is 9.59 Å². The molecule has 9 heteroatoms. The lowest BCUT2D eigenvalue weighted by molar-refractivity contribution is -0.139. The summed E-state index contributed by atoms with van der Waals surface area (Å²) in [6.07, 6.45) is 2.25. The van der Waals surface area contributed by atoms with Gasteiger partial charge in [-0.2, -0.15) is 0 Å². The molecule has 0 spiro atoms. The number of H-pyrrole nitrogens is 1. The lowest BCUT2D eigenvalue weighted by atomic mass is 9.95. The van der Waals surface area contributed by atoms with Crippen LogP contribution >= 0.6 is 0 Å². The van der Waals surface area contributed by atoms with Crippen molar-refractivity contribution in [2.24, 2.45) is 0 Å². The number of carbonyl (C=O) groups is 2. The van der Waals surface area contributed by atoms with Gasteiger partial charge in [0, 0.05) is 24.7 Å². The van der Waals surface area contributed by atoms with E-state index in [1.807, 2.05) is 12.1 Å². The zero-order chi connectivity index (χ0) is 19.4.